The summed E-state index contributed by atoms with van der Waals surface area (Å²) in [6.07, 6.45) is 2.24. The fourth-order valence-corrected chi connectivity index (χ4v) is 1.30. The lowest BCUT2D eigenvalue weighted by molar-refractivity contribution is -0.205. The molecule has 0 saturated carbocycles. The Labute approximate surface area is 62.2 Å². The molecule has 1 aliphatic rings. The topological polar surface area (TPSA) is 29.5 Å². The van der Waals surface area contributed by atoms with E-state index in [4.69, 9.17) is 4.74 Å². The maximum absolute atomic E-state index is 9.68. The van der Waals surface area contributed by atoms with Crippen LogP contribution in [0.3, 0.4) is 0 Å². The molecule has 0 aliphatic carbocycles. The molecule has 1 rings (SSSR count). The molecule has 1 saturated heterocycles. The SMILES string of the molecule is CCCC(C)C1(O)COC1. The van der Waals surface area contributed by atoms with Gasteiger partial charge in [0.05, 0.1) is 13.2 Å². The monoisotopic (exact) mass is 144 g/mol. The molecular formula is C8H16O2. The van der Waals surface area contributed by atoms with E-state index < -0.39 is 5.60 Å². The summed E-state index contributed by atoms with van der Waals surface area (Å²) in [5, 5.41) is 9.68. The van der Waals surface area contributed by atoms with E-state index in [1.54, 1.807) is 0 Å². The normalized spacial score (nSPS) is 25.5. The van der Waals surface area contributed by atoms with E-state index in [0.717, 1.165) is 12.8 Å². The van der Waals surface area contributed by atoms with Crippen LogP contribution in [-0.4, -0.2) is 23.9 Å². The summed E-state index contributed by atoms with van der Waals surface area (Å²) >= 11 is 0. The highest BCUT2D eigenvalue weighted by molar-refractivity contribution is 4.89. The molecule has 1 atom stereocenters. The molecule has 60 valence electrons. The number of hydrogen-bond donors (Lipinski definition) is 1. The van der Waals surface area contributed by atoms with Crippen LogP contribution in [0, 0.1) is 5.92 Å². The van der Waals surface area contributed by atoms with E-state index in [9.17, 15) is 5.11 Å². The molecule has 2 nitrogen and oxygen atoms in total. The molecule has 0 aromatic rings. The van der Waals surface area contributed by atoms with Crippen molar-refractivity contribution in [2.45, 2.75) is 32.3 Å². The molecule has 1 fully saturated rings. The zero-order chi connectivity index (χ0) is 7.61. The van der Waals surface area contributed by atoms with E-state index in [1.165, 1.54) is 0 Å². The second kappa shape index (κ2) is 2.89. The Hall–Kier alpha value is -0.0800. The van der Waals surface area contributed by atoms with Crippen LogP contribution >= 0.6 is 0 Å². The molecule has 0 radical (unpaired) electrons. The minimum Gasteiger partial charge on any atom is -0.385 e. The highest BCUT2D eigenvalue weighted by Gasteiger charge is 2.40. The summed E-state index contributed by atoms with van der Waals surface area (Å²) < 4.78 is 4.96. The third kappa shape index (κ3) is 1.32. The van der Waals surface area contributed by atoms with E-state index >= 15 is 0 Å². The molecule has 10 heavy (non-hydrogen) atoms. The predicted molar refractivity (Wildman–Crippen MR) is 39.8 cm³/mol. The summed E-state index contributed by atoms with van der Waals surface area (Å²) in [4.78, 5) is 0. The minimum atomic E-state index is -0.490. The van der Waals surface area contributed by atoms with E-state index in [-0.39, 0.29) is 0 Å². The molecule has 1 aliphatic heterocycles. The van der Waals surface area contributed by atoms with Crippen LogP contribution in [0.1, 0.15) is 26.7 Å². The Balaban J connectivity index is 2.31. The van der Waals surface area contributed by atoms with Crippen molar-refractivity contribution in [3.05, 3.63) is 0 Å². The third-order valence-corrected chi connectivity index (χ3v) is 2.34. The predicted octanol–water partition coefficient (Wildman–Crippen LogP) is 1.18. The quantitative estimate of drug-likeness (QED) is 0.644. The highest BCUT2D eigenvalue weighted by Crippen LogP contribution is 2.28. The van der Waals surface area contributed by atoms with Crippen molar-refractivity contribution in [3.63, 3.8) is 0 Å². The van der Waals surface area contributed by atoms with Gasteiger partial charge in [-0.1, -0.05) is 20.3 Å². The molecule has 2 heteroatoms. The molecule has 0 bridgehead atoms. The van der Waals surface area contributed by atoms with Crippen LogP contribution < -0.4 is 0 Å². The van der Waals surface area contributed by atoms with Gasteiger partial charge in [-0.3, -0.25) is 0 Å². The van der Waals surface area contributed by atoms with Gasteiger partial charge in [0.15, 0.2) is 0 Å². The maximum atomic E-state index is 9.68. The number of aliphatic hydroxyl groups is 1. The maximum Gasteiger partial charge on any atom is 0.114 e. The Bertz CT molecular complexity index is 108. The Morgan fingerprint density at radius 3 is 2.50 bits per heavy atom. The van der Waals surface area contributed by atoms with Gasteiger partial charge in [-0.05, 0) is 12.3 Å². The van der Waals surface area contributed by atoms with E-state index in [1.807, 2.05) is 0 Å². The van der Waals surface area contributed by atoms with Gasteiger partial charge in [-0.15, -0.1) is 0 Å². The lowest BCUT2D eigenvalue weighted by atomic mass is 9.84. The largest absolute Gasteiger partial charge is 0.385 e. The van der Waals surface area contributed by atoms with Crippen molar-refractivity contribution in [1.29, 1.82) is 0 Å². The van der Waals surface area contributed by atoms with Crippen molar-refractivity contribution in [3.8, 4) is 0 Å². The lowest BCUT2D eigenvalue weighted by Gasteiger charge is -2.41. The van der Waals surface area contributed by atoms with Crippen molar-refractivity contribution in [2.75, 3.05) is 13.2 Å². The standard InChI is InChI=1S/C8H16O2/c1-3-4-7(2)8(9)5-10-6-8/h7,9H,3-6H2,1-2H3. The van der Waals surface area contributed by atoms with Crippen LogP contribution in [0.2, 0.25) is 0 Å². The second-order valence-electron chi connectivity index (χ2n) is 3.29. The summed E-state index contributed by atoms with van der Waals surface area (Å²) in [6, 6.07) is 0. The van der Waals surface area contributed by atoms with Crippen LogP contribution in [0.4, 0.5) is 0 Å². The first-order valence-electron chi connectivity index (χ1n) is 3.99. The first-order valence-corrected chi connectivity index (χ1v) is 3.99. The first-order chi connectivity index (χ1) is 4.69. The zero-order valence-electron chi connectivity index (χ0n) is 6.76. The summed E-state index contributed by atoms with van der Waals surface area (Å²) in [7, 11) is 0. The van der Waals surface area contributed by atoms with Crippen molar-refractivity contribution in [1.82, 2.24) is 0 Å². The second-order valence-corrected chi connectivity index (χ2v) is 3.29. The zero-order valence-corrected chi connectivity index (χ0v) is 6.76. The fourth-order valence-electron chi connectivity index (χ4n) is 1.30. The Kier molecular flexibility index (Phi) is 2.32. The smallest absolute Gasteiger partial charge is 0.114 e. The van der Waals surface area contributed by atoms with E-state index in [0.29, 0.717) is 19.1 Å². The van der Waals surface area contributed by atoms with Crippen LogP contribution in [0.15, 0.2) is 0 Å². The summed E-state index contributed by atoms with van der Waals surface area (Å²) in [6.45, 7) is 5.30. The number of rotatable bonds is 3. The van der Waals surface area contributed by atoms with Crippen molar-refractivity contribution >= 4 is 0 Å². The molecule has 1 heterocycles. The number of ether oxygens (including phenoxy) is 1. The molecular weight excluding hydrogens is 128 g/mol. The molecule has 0 aromatic heterocycles. The van der Waals surface area contributed by atoms with Crippen molar-refractivity contribution < 1.29 is 9.84 Å². The van der Waals surface area contributed by atoms with Crippen LogP contribution in [0.5, 0.6) is 0 Å². The third-order valence-electron chi connectivity index (χ3n) is 2.34. The number of hydrogen-bond acceptors (Lipinski definition) is 2. The highest BCUT2D eigenvalue weighted by atomic mass is 16.5. The van der Waals surface area contributed by atoms with Gasteiger partial charge in [0, 0.05) is 0 Å². The van der Waals surface area contributed by atoms with E-state index in [2.05, 4.69) is 13.8 Å². The van der Waals surface area contributed by atoms with Crippen LogP contribution in [-0.2, 0) is 4.74 Å². The fraction of sp³-hybridized carbons (Fsp3) is 1.00. The van der Waals surface area contributed by atoms with Gasteiger partial charge in [0.2, 0.25) is 0 Å². The van der Waals surface area contributed by atoms with Crippen LogP contribution in [0.25, 0.3) is 0 Å². The van der Waals surface area contributed by atoms with Gasteiger partial charge in [-0.25, -0.2) is 0 Å². The van der Waals surface area contributed by atoms with Gasteiger partial charge in [-0.2, -0.15) is 0 Å². The minimum absolute atomic E-state index is 0.395. The van der Waals surface area contributed by atoms with Gasteiger partial charge >= 0.3 is 0 Å². The summed E-state index contributed by atoms with van der Waals surface area (Å²) in [5.41, 5.74) is -0.490. The molecule has 1 N–H and O–H groups in total. The lowest BCUT2D eigenvalue weighted by Crippen LogP contribution is -2.54. The summed E-state index contributed by atoms with van der Waals surface area (Å²) in [5.74, 6) is 0.395. The molecule has 1 unspecified atom stereocenters. The first kappa shape index (κ1) is 8.02. The van der Waals surface area contributed by atoms with Crippen molar-refractivity contribution in [2.24, 2.45) is 5.92 Å². The average molecular weight is 144 g/mol. The molecule has 0 amide bonds. The Morgan fingerprint density at radius 2 is 2.20 bits per heavy atom. The molecule has 0 spiro atoms. The molecule has 0 aromatic carbocycles. The average Bonchev–Trinajstić information content (AvgIpc) is 1.83. The van der Waals surface area contributed by atoms with Gasteiger partial charge in [0.1, 0.15) is 5.60 Å². The van der Waals surface area contributed by atoms with Gasteiger partial charge in [0.25, 0.3) is 0 Å². The Morgan fingerprint density at radius 1 is 1.60 bits per heavy atom. The van der Waals surface area contributed by atoms with Gasteiger partial charge < -0.3 is 9.84 Å².